The summed E-state index contributed by atoms with van der Waals surface area (Å²) >= 11 is 0. The van der Waals surface area contributed by atoms with Crippen LogP contribution >= 0.6 is 0 Å². The van der Waals surface area contributed by atoms with E-state index >= 15 is 0 Å². The van der Waals surface area contributed by atoms with Crippen LogP contribution in [-0.4, -0.2) is 120 Å². The Morgan fingerprint density at radius 1 is 1.08 bits per heavy atom. The Hall–Kier alpha value is -3.48. The molecule has 1 aromatic carbocycles. The van der Waals surface area contributed by atoms with E-state index in [0.29, 0.717) is 36.8 Å². The Bertz CT molecular complexity index is 1520. The number of likely N-dealkylation sites (tertiary alicyclic amines) is 1. The van der Waals surface area contributed by atoms with Crippen molar-refractivity contribution in [3.8, 4) is 0 Å². The molecule has 5 amide bonds. The number of likely N-dealkylation sites (N-methyl/N-ethyl adjacent to an activating group) is 1. The molecule has 0 spiro atoms. The SMILES string of the molecule is CCC[C@H](NC(=O)[C@@H]1C[C@@H](OC(=O)N2Cc3cccc(F)c3C2)CN1C(=O)[C@@H](NC(=O)N[C@@H](CC)CN(C)S(C)(=O)=O)C1CCCCC1)B(O)O. The fourth-order valence-electron chi connectivity index (χ4n) is 7.11. The molecule has 1 aliphatic carbocycles. The molecule has 0 radical (unpaired) electrons. The van der Waals surface area contributed by atoms with E-state index in [1.54, 1.807) is 19.1 Å². The van der Waals surface area contributed by atoms with Crippen molar-refractivity contribution in [2.75, 3.05) is 26.4 Å². The van der Waals surface area contributed by atoms with Crippen LogP contribution in [0.4, 0.5) is 14.0 Å². The van der Waals surface area contributed by atoms with Gasteiger partial charge in [0.2, 0.25) is 21.8 Å². The number of hydrogen-bond donors (Lipinski definition) is 5. The van der Waals surface area contributed by atoms with E-state index in [2.05, 4.69) is 16.0 Å². The Morgan fingerprint density at radius 3 is 2.39 bits per heavy atom. The van der Waals surface area contributed by atoms with Crippen molar-refractivity contribution in [2.45, 2.75) is 115 Å². The lowest BCUT2D eigenvalue weighted by Crippen LogP contribution is -2.59. The first-order valence-corrected chi connectivity index (χ1v) is 19.6. The first-order chi connectivity index (χ1) is 24.1. The second kappa shape index (κ2) is 17.8. The van der Waals surface area contributed by atoms with Crippen LogP contribution in [0.5, 0.6) is 0 Å². The molecule has 1 saturated heterocycles. The zero-order valence-corrected chi connectivity index (χ0v) is 30.7. The number of urea groups is 1. The van der Waals surface area contributed by atoms with Gasteiger partial charge in [0, 0.05) is 38.2 Å². The normalized spacial score (nSPS) is 21.1. The first kappa shape index (κ1) is 40.3. The molecule has 2 fully saturated rings. The Kier molecular flexibility index (Phi) is 14.1. The zero-order chi connectivity index (χ0) is 37.5. The summed E-state index contributed by atoms with van der Waals surface area (Å²) in [6, 6.07) is 1.19. The lowest BCUT2D eigenvalue weighted by atomic mass is 9.76. The number of carbonyl (C=O) groups is 4. The lowest BCUT2D eigenvalue weighted by molar-refractivity contribution is -0.141. The molecule has 1 saturated carbocycles. The van der Waals surface area contributed by atoms with Crippen molar-refractivity contribution in [1.82, 2.24) is 30.1 Å². The monoisotopic (exact) mass is 738 g/mol. The summed E-state index contributed by atoms with van der Waals surface area (Å²) in [7, 11) is -3.94. The number of halogens is 1. The van der Waals surface area contributed by atoms with Crippen LogP contribution in [0.1, 0.15) is 82.8 Å². The molecule has 4 rings (SSSR count). The fourth-order valence-corrected chi connectivity index (χ4v) is 7.56. The van der Waals surface area contributed by atoms with Crippen LogP contribution in [0.3, 0.4) is 0 Å². The van der Waals surface area contributed by atoms with Crippen LogP contribution in [0.2, 0.25) is 0 Å². The number of nitrogens with one attached hydrogen (secondary N) is 3. The zero-order valence-electron chi connectivity index (χ0n) is 29.8. The van der Waals surface area contributed by atoms with E-state index in [1.807, 2.05) is 6.92 Å². The minimum absolute atomic E-state index is 0.00865. The smallest absolute Gasteiger partial charge is 0.444 e. The van der Waals surface area contributed by atoms with E-state index in [9.17, 15) is 42.0 Å². The first-order valence-electron chi connectivity index (χ1n) is 17.8. The third-order valence-corrected chi connectivity index (χ3v) is 11.4. The number of benzene rings is 1. The van der Waals surface area contributed by atoms with Gasteiger partial charge in [-0.25, -0.2) is 26.7 Å². The molecule has 0 aromatic heterocycles. The van der Waals surface area contributed by atoms with Gasteiger partial charge in [-0.05, 0) is 43.2 Å². The molecule has 15 nitrogen and oxygen atoms in total. The topological polar surface area (TPSA) is 198 Å². The average molecular weight is 739 g/mol. The molecule has 5 N–H and O–H groups in total. The van der Waals surface area contributed by atoms with Gasteiger partial charge in [-0.1, -0.05) is 51.7 Å². The highest BCUT2D eigenvalue weighted by Crippen LogP contribution is 2.31. The van der Waals surface area contributed by atoms with E-state index in [1.165, 1.54) is 22.9 Å². The third kappa shape index (κ3) is 10.5. The summed E-state index contributed by atoms with van der Waals surface area (Å²) < 4.78 is 45.3. The molecule has 284 valence electrons. The van der Waals surface area contributed by atoms with Crippen molar-refractivity contribution < 1.29 is 46.8 Å². The highest BCUT2D eigenvalue weighted by atomic mass is 32.2. The van der Waals surface area contributed by atoms with Gasteiger partial charge in [0.25, 0.3) is 0 Å². The number of nitrogens with zero attached hydrogens (tertiary/aromatic N) is 3. The number of ether oxygens (including phenoxy) is 1. The standard InChI is InChI=1S/C33H52BFN6O9S/c1-5-11-28(34(46)47)37-30(42)27-16-24(50-33(45)40-17-22-14-10-15-26(35)25(22)20-40)19-41(27)31(43)29(21-12-8-7-9-13-21)38-32(44)36-23(6-2)18-39(3)51(4,48)49/h10,14-15,21,23-24,27-29,46-47H,5-9,11-13,16-20H2,1-4H3,(H,37,42)(H2,36,38,44)/t23-,24+,27-,28-,29-/m0/s1. The predicted molar refractivity (Wildman–Crippen MR) is 187 cm³/mol. The van der Waals surface area contributed by atoms with Gasteiger partial charge in [0.15, 0.2) is 0 Å². The molecular formula is C33H52BFN6O9S. The molecule has 2 aliphatic heterocycles. The van der Waals surface area contributed by atoms with Crippen molar-refractivity contribution in [3.63, 3.8) is 0 Å². The van der Waals surface area contributed by atoms with Crippen LogP contribution in [0.15, 0.2) is 18.2 Å². The Labute approximate surface area is 299 Å². The Morgan fingerprint density at radius 2 is 1.78 bits per heavy atom. The summed E-state index contributed by atoms with van der Waals surface area (Å²) in [4.78, 5) is 57.6. The number of hydrogen-bond acceptors (Lipinski definition) is 9. The summed E-state index contributed by atoms with van der Waals surface area (Å²) in [5.74, 6) is -2.91. The van der Waals surface area contributed by atoms with Crippen LogP contribution in [-0.2, 0) is 37.4 Å². The highest BCUT2D eigenvalue weighted by molar-refractivity contribution is 7.88. The molecule has 3 aliphatic rings. The van der Waals surface area contributed by atoms with E-state index in [-0.39, 0.29) is 44.9 Å². The van der Waals surface area contributed by atoms with Gasteiger partial charge in [-0.2, -0.15) is 0 Å². The molecule has 5 atom stereocenters. The maximum absolute atomic E-state index is 14.5. The average Bonchev–Trinajstić information content (AvgIpc) is 3.72. The summed E-state index contributed by atoms with van der Waals surface area (Å²) in [6.07, 6.45) is 4.48. The van der Waals surface area contributed by atoms with E-state index in [0.717, 1.165) is 29.8 Å². The maximum atomic E-state index is 14.5. The molecule has 18 heteroatoms. The lowest BCUT2D eigenvalue weighted by Gasteiger charge is -2.35. The third-order valence-electron chi connectivity index (χ3n) is 10.1. The number of carbonyl (C=O) groups excluding carboxylic acids is 4. The number of fused-ring (bicyclic) bond motifs is 1. The molecule has 1 aromatic rings. The minimum Gasteiger partial charge on any atom is -0.444 e. The van der Waals surface area contributed by atoms with Gasteiger partial charge in [-0.3, -0.25) is 14.5 Å². The van der Waals surface area contributed by atoms with Gasteiger partial charge in [0.1, 0.15) is 24.0 Å². The maximum Gasteiger partial charge on any atom is 0.475 e. The quantitative estimate of drug-likeness (QED) is 0.176. The van der Waals surface area contributed by atoms with Crippen molar-refractivity contribution in [1.29, 1.82) is 0 Å². The summed E-state index contributed by atoms with van der Waals surface area (Å²) in [5.41, 5.74) is 1.05. The molecular weight excluding hydrogens is 686 g/mol. The van der Waals surface area contributed by atoms with Gasteiger partial charge >= 0.3 is 19.2 Å². The number of rotatable bonds is 14. The van der Waals surface area contributed by atoms with Crippen molar-refractivity contribution in [2.24, 2.45) is 5.92 Å². The summed E-state index contributed by atoms with van der Waals surface area (Å²) in [6.45, 7) is 3.62. The number of amides is 5. The molecule has 2 heterocycles. The van der Waals surface area contributed by atoms with Crippen molar-refractivity contribution >= 4 is 41.1 Å². The van der Waals surface area contributed by atoms with Gasteiger partial charge in [0.05, 0.1) is 25.3 Å². The van der Waals surface area contributed by atoms with Crippen molar-refractivity contribution in [3.05, 3.63) is 35.1 Å². The van der Waals surface area contributed by atoms with Crippen LogP contribution in [0, 0.1) is 11.7 Å². The predicted octanol–water partition coefficient (Wildman–Crippen LogP) is 1.46. The highest BCUT2D eigenvalue weighted by Gasteiger charge is 2.46. The minimum atomic E-state index is -3.50. The second-order valence-corrected chi connectivity index (χ2v) is 16.0. The largest absolute Gasteiger partial charge is 0.475 e. The van der Waals surface area contributed by atoms with Crippen LogP contribution in [0.25, 0.3) is 0 Å². The second-order valence-electron chi connectivity index (χ2n) is 13.9. The fraction of sp³-hybridized carbons (Fsp3) is 0.697. The molecule has 51 heavy (non-hydrogen) atoms. The van der Waals surface area contributed by atoms with E-state index < -0.39 is 77.1 Å². The number of sulfonamides is 1. The summed E-state index contributed by atoms with van der Waals surface area (Å²) in [5, 5.41) is 28.1. The molecule has 0 bridgehead atoms. The van der Waals surface area contributed by atoms with Gasteiger partial charge < -0.3 is 35.6 Å². The Balaban J connectivity index is 1.55. The van der Waals surface area contributed by atoms with Crippen LogP contribution < -0.4 is 16.0 Å². The van der Waals surface area contributed by atoms with E-state index in [4.69, 9.17) is 4.74 Å². The molecule has 0 unspecified atom stereocenters. The van der Waals surface area contributed by atoms with Gasteiger partial charge in [-0.15, -0.1) is 0 Å².